The van der Waals surface area contributed by atoms with Crippen LogP contribution in [0.15, 0.2) is 18.5 Å². The van der Waals surface area contributed by atoms with Crippen molar-refractivity contribution < 1.29 is 9.53 Å². The van der Waals surface area contributed by atoms with Crippen LogP contribution in [0.1, 0.15) is 11.1 Å². The number of carbonyl (C=O) groups is 1. The maximum Gasteiger partial charge on any atom is 0.224 e. The number of carbonyl (C=O) groups excluding carboxylic acids is 1. The number of anilines is 1. The van der Waals surface area contributed by atoms with E-state index in [2.05, 4.69) is 9.97 Å². The highest BCUT2D eigenvalue weighted by molar-refractivity contribution is 6.32. The summed E-state index contributed by atoms with van der Waals surface area (Å²) >= 11 is 6.29. The van der Waals surface area contributed by atoms with E-state index in [4.69, 9.17) is 16.3 Å². The van der Waals surface area contributed by atoms with Gasteiger partial charge in [0.15, 0.2) is 0 Å². The molecule has 0 N–H and O–H groups in total. The van der Waals surface area contributed by atoms with Crippen LogP contribution < -0.4 is 9.64 Å². The molecule has 0 saturated heterocycles. The van der Waals surface area contributed by atoms with Crippen molar-refractivity contribution in [1.29, 1.82) is 0 Å². The molecule has 5 nitrogen and oxygen atoms in total. The Morgan fingerprint density at radius 2 is 1.95 bits per heavy atom. The highest BCUT2D eigenvalue weighted by Gasteiger charge is 2.18. The SMILES string of the molecule is COc1c(CC=O)cc(Cl)c(C)c1-c1cnc(N(C)C)nc1. The molecule has 0 saturated carbocycles. The number of ether oxygens (including phenoxy) is 1. The Kier molecular flexibility index (Phi) is 4.98. The van der Waals surface area contributed by atoms with Crippen molar-refractivity contribution in [2.75, 3.05) is 26.1 Å². The molecule has 0 aliphatic carbocycles. The maximum absolute atomic E-state index is 10.9. The van der Waals surface area contributed by atoms with Gasteiger partial charge in [0.2, 0.25) is 5.95 Å². The smallest absolute Gasteiger partial charge is 0.224 e. The summed E-state index contributed by atoms with van der Waals surface area (Å²) < 4.78 is 5.51. The monoisotopic (exact) mass is 319 g/mol. The summed E-state index contributed by atoms with van der Waals surface area (Å²) in [5, 5.41) is 0.587. The molecule has 0 fully saturated rings. The molecule has 2 aromatic rings. The first-order chi connectivity index (χ1) is 10.5. The predicted molar refractivity (Wildman–Crippen MR) is 87.9 cm³/mol. The summed E-state index contributed by atoms with van der Waals surface area (Å²) in [6.45, 7) is 1.91. The first kappa shape index (κ1) is 16.2. The largest absolute Gasteiger partial charge is 0.496 e. The Bertz CT molecular complexity index is 685. The number of halogens is 1. The molecule has 1 aromatic carbocycles. The minimum absolute atomic E-state index is 0.243. The van der Waals surface area contributed by atoms with E-state index in [-0.39, 0.29) is 6.42 Å². The lowest BCUT2D eigenvalue weighted by atomic mass is 9.97. The zero-order valence-corrected chi connectivity index (χ0v) is 13.8. The molecule has 1 aromatic heterocycles. The molecule has 0 radical (unpaired) electrons. The van der Waals surface area contributed by atoms with Crippen LogP contribution in [-0.2, 0) is 11.2 Å². The van der Waals surface area contributed by atoms with E-state index in [0.29, 0.717) is 16.7 Å². The first-order valence-corrected chi connectivity index (χ1v) is 7.16. The summed E-state index contributed by atoms with van der Waals surface area (Å²) in [5.41, 5.74) is 3.24. The Morgan fingerprint density at radius 3 is 2.45 bits per heavy atom. The molecular formula is C16H18ClN3O2. The molecule has 0 bridgehead atoms. The summed E-state index contributed by atoms with van der Waals surface area (Å²) in [4.78, 5) is 21.3. The topological polar surface area (TPSA) is 55.3 Å². The van der Waals surface area contributed by atoms with E-state index in [1.165, 1.54) is 0 Å². The van der Waals surface area contributed by atoms with Crippen molar-refractivity contribution in [2.45, 2.75) is 13.3 Å². The fourth-order valence-corrected chi connectivity index (χ4v) is 2.51. The zero-order valence-electron chi connectivity index (χ0n) is 13.1. The minimum atomic E-state index is 0.243. The summed E-state index contributed by atoms with van der Waals surface area (Å²) in [6, 6.07) is 1.77. The van der Waals surface area contributed by atoms with Gasteiger partial charge in [-0.2, -0.15) is 0 Å². The third kappa shape index (κ3) is 3.04. The van der Waals surface area contributed by atoms with E-state index >= 15 is 0 Å². The second-order valence-electron chi connectivity index (χ2n) is 5.09. The van der Waals surface area contributed by atoms with Crippen LogP contribution >= 0.6 is 11.6 Å². The van der Waals surface area contributed by atoms with Gasteiger partial charge in [0.25, 0.3) is 0 Å². The third-order valence-electron chi connectivity index (χ3n) is 3.39. The third-order valence-corrected chi connectivity index (χ3v) is 3.78. The number of methoxy groups -OCH3 is 1. The van der Waals surface area contributed by atoms with Gasteiger partial charge < -0.3 is 14.4 Å². The second-order valence-corrected chi connectivity index (χ2v) is 5.49. The summed E-state index contributed by atoms with van der Waals surface area (Å²) in [5.74, 6) is 1.26. The quantitative estimate of drug-likeness (QED) is 0.793. The van der Waals surface area contributed by atoms with Crippen molar-refractivity contribution >= 4 is 23.8 Å². The van der Waals surface area contributed by atoms with Gasteiger partial charge in [-0.05, 0) is 18.6 Å². The molecule has 0 spiro atoms. The maximum atomic E-state index is 10.9. The average molecular weight is 320 g/mol. The standard InChI is InChI=1S/C16H18ClN3O2/c1-10-13(17)7-11(5-6-21)15(22-4)14(10)12-8-18-16(19-9-12)20(2)3/h6-9H,5H2,1-4H3. The molecule has 2 rings (SSSR count). The van der Waals surface area contributed by atoms with Crippen LogP contribution in [0.3, 0.4) is 0 Å². The van der Waals surface area contributed by atoms with Gasteiger partial charge in [-0.25, -0.2) is 9.97 Å². The molecule has 6 heteroatoms. The van der Waals surface area contributed by atoms with Crippen LogP contribution in [0.4, 0.5) is 5.95 Å². The lowest BCUT2D eigenvalue weighted by Gasteiger charge is -2.17. The van der Waals surface area contributed by atoms with E-state index in [0.717, 1.165) is 28.5 Å². The van der Waals surface area contributed by atoms with Gasteiger partial charge in [-0.15, -0.1) is 0 Å². The number of hydrogen-bond acceptors (Lipinski definition) is 5. The predicted octanol–water partition coefficient (Wildman–Crippen LogP) is 2.92. The van der Waals surface area contributed by atoms with Gasteiger partial charge in [-0.3, -0.25) is 0 Å². The number of rotatable bonds is 5. The van der Waals surface area contributed by atoms with Gasteiger partial charge >= 0.3 is 0 Å². The number of aldehydes is 1. The number of nitrogens with zero attached hydrogens (tertiary/aromatic N) is 3. The Labute approximate surface area is 134 Å². The van der Waals surface area contributed by atoms with Gasteiger partial charge in [-0.1, -0.05) is 11.6 Å². The molecular weight excluding hydrogens is 302 g/mol. The van der Waals surface area contributed by atoms with E-state index in [1.807, 2.05) is 25.9 Å². The fourth-order valence-electron chi connectivity index (χ4n) is 2.28. The second kappa shape index (κ2) is 6.75. The first-order valence-electron chi connectivity index (χ1n) is 6.79. The normalized spacial score (nSPS) is 10.4. The number of benzene rings is 1. The Balaban J connectivity index is 2.64. The highest BCUT2D eigenvalue weighted by atomic mass is 35.5. The van der Waals surface area contributed by atoms with Gasteiger partial charge in [0.1, 0.15) is 12.0 Å². The lowest BCUT2D eigenvalue weighted by molar-refractivity contribution is -0.107. The minimum Gasteiger partial charge on any atom is -0.496 e. The number of aromatic nitrogens is 2. The van der Waals surface area contributed by atoms with Gasteiger partial charge in [0, 0.05) is 54.6 Å². The average Bonchev–Trinajstić information content (AvgIpc) is 2.50. The number of hydrogen-bond donors (Lipinski definition) is 0. The van der Waals surface area contributed by atoms with Gasteiger partial charge in [0.05, 0.1) is 7.11 Å². The summed E-state index contributed by atoms with van der Waals surface area (Å²) in [6.07, 6.45) is 4.54. The van der Waals surface area contributed by atoms with E-state index < -0.39 is 0 Å². The van der Waals surface area contributed by atoms with Crippen LogP contribution in [0, 0.1) is 6.92 Å². The van der Waals surface area contributed by atoms with Crippen molar-refractivity contribution in [3.05, 3.63) is 34.6 Å². The molecule has 0 amide bonds. The Morgan fingerprint density at radius 1 is 1.32 bits per heavy atom. The molecule has 116 valence electrons. The zero-order chi connectivity index (χ0) is 16.3. The van der Waals surface area contributed by atoms with Crippen molar-refractivity contribution in [2.24, 2.45) is 0 Å². The molecule has 0 aliphatic heterocycles. The van der Waals surface area contributed by atoms with Crippen molar-refractivity contribution in [1.82, 2.24) is 9.97 Å². The highest BCUT2D eigenvalue weighted by Crippen LogP contribution is 2.39. The molecule has 0 unspecified atom stereocenters. The molecule has 0 atom stereocenters. The lowest BCUT2D eigenvalue weighted by Crippen LogP contribution is -2.12. The van der Waals surface area contributed by atoms with Crippen molar-refractivity contribution in [3.8, 4) is 16.9 Å². The van der Waals surface area contributed by atoms with E-state index in [1.54, 1.807) is 25.6 Å². The molecule has 22 heavy (non-hydrogen) atoms. The molecule has 1 heterocycles. The fraction of sp³-hybridized carbons (Fsp3) is 0.312. The van der Waals surface area contributed by atoms with Crippen LogP contribution in [-0.4, -0.2) is 37.5 Å². The van der Waals surface area contributed by atoms with Crippen LogP contribution in [0.2, 0.25) is 5.02 Å². The summed E-state index contributed by atoms with van der Waals surface area (Å²) in [7, 11) is 5.33. The Hall–Kier alpha value is -2.14. The van der Waals surface area contributed by atoms with Crippen LogP contribution in [0.25, 0.3) is 11.1 Å². The molecule has 0 aliphatic rings. The van der Waals surface area contributed by atoms with Crippen molar-refractivity contribution in [3.63, 3.8) is 0 Å². The van der Waals surface area contributed by atoms with E-state index in [9.17, 15) is 4.79 Å². The van der Waals surface area contributed by atoms with Crippen LogP contribution in [0.5, 0.6) is 5.75 Å².